The number of carbonyl (C=O) groups is 4. The Balaban J connectivity index is 0.000000503. The fraction of sp³-hybridized carbons (Fsp3) is 0.583. The van der Waals surface area contributed by atoms with E-state index in [9.17, 15) is 4.39 Å². The molecule has 0 bridgehead atoms. The van der Waals surface area contributed by atoms with Gasteiger partial charge >= 0.3 is 23.9 Å². The molecule has 0 spiro atoms. The molecule has 13 nitrogen and oxygen atoms in total. The Hall–Kier alpha value is -3.33. The summed E-state index contributed by atoms with van der Waals surface area (Å²) in [6.07, 6.45) is 3.64. The summed E-state index contributed by atoms with van der Waals surface area (Å²) in [5, 5.41) is 29.6. The van der Waals surface area contributed by atoms with Crippen LogP contribution >= 0.6 is 0 Å². The highest BCUT2D eigenvalue weighted by atomic mass is 19.1. The first-order chi connectivity index (χ1) is 18.1. The molecule has 1 unspecified atom stereocenters. The summed E-state index contributed by atoms with van der Waals surface area (Å²) in [7, 11) is 0. The van der Waals surface area contributed by atoms with Gasteiger partial charge in [-0.15, -0.1) is 0 Å². The van der Waals surface area contributed by atoms with Gasteiger partial charge in [-0.3, -0.25) is 4.90 Å². The molecule has 38 heavy (non-hydrogen) atoms. The maximum absolute atomic E-state index is 12.8. The van der Waals surface area contributed by atoms with Crippen LogP contribution < -0.4 is 4.74 Å². The van der Waals surface area contributed by atoms with E-state index in [0.29, 0.717) is 12.7 Å². The topological polar surface area (TPSA) is 183 Å². The van der Waals surface area contributed by atoms with Crippen LogP contribution in [0.15, 0.2) is 24.3 Å². The minimum atomic E-state index is -1.82. The van der Waals surface area contributed by atoms with Crippen LogP contribution in [0.2, 0.25) is 0 Å². The minimum Gasteiger partial charge on any atom is -0.494 e. The van der Waals surface area contributed by atoms with Crippen molar-refractivity contribution in [2.75, 3.05) is 65.7 Å². The number of rotatable bonds is 10. The average molecular weight is 547 g/mol. The van der Waals surface area contributed by atoms with Gasteiger partial charge in [-0.2, -0.15) is 0 Å². The summed E-state index contributed by atoms with van der Waals surface area (Å²) in [6.45, 7) is 9.53. The average Bonchev–Trinajstić information content (AvgIpc) is 3.34. The molecule has 1 aromatic carbocycles. The number of aliphatic carboxylic acids is 4. The Bertz CT molecular complexity index is 815. The molecule has 2 saturated heterocycles. The van der Waals surface area contributed by atoms with Crippen LogP contribution in [0.4, 0.5) is 4.39 Å². The lowest BCUT2D eigenvalue weighted by atomic mass is 10.3. The van der Waals surface area contributed by atoms with E-state index in [1.807, 2.05) is 0 Å². The van der Waals surface area contributed by atoms with Crippen LogP contribution in [0.3, 0.4) is 0 Å². The Morgan fingerprint density at radius 1 is 0.816 bits per heavy atom. The van der Waals surface area contributed by atoms with Crippen LogP contribution in [0.1, 0.15) is 19.3 Å². The predicted octanol–water partition coefficient (Wildman–Crippen LogP) is 0.719. The molecule has 214 valence electrons. The van der Waals surface area contributed by atoms with Crippen LogP contribution in [0.25, 0.3) is 0 Å². The zero-order valence-corrected chi connectivity index (χ0v) is 21.0. The summed E-state index contributed by atoms with van der Waals surface area (Å²) < 4.78 is 29.9. The van der Waals surface area contributed by atoms with Crippen molar-refractivity contribution in [1.29, 1.82) is 0 Å². The summed E-state index contributed by atoms with van der Waals surface area (Å²) in [5.41, 5.74) is 0. The fourth-order valence-corrected chi connectivity index (χ4v) is 3.47. The first-order valence-electron chi connectivity index (χ1n) is 12.0. The summed E-state index contributed by atoms with van der Waals surface area (Å²) in [6, 6.07) is 6.21. The van der Waals surface area contributed by atoms with E-state index < -0.39 is 23.9 Å². The molecule has 0 radical (unpaired) electrons. The molecular weight excluding hydrogens is 511 g/mol. The lowest BCUT2D eigenvalue weighted by Crippen LogP contribution is -2.38. The zero-order valence-electron chi connectivity index (χ0n) is 21.0. The summed E-state index contributed by atoms with van der Waals surface area (Å²) >= 11 is 0. The number of likely N-dealkylation sites (tertiary alicyclic amines) is 1. The van der Waals surface area contributed by atoms with Crippen molar-refractivity contribution in [3.8, 4) is 5.75 Å². The Morgan fingerprint density at radius 2 is 1.39 bits per heavy atom. The lowest BCUT2D eigenvalue weighted by Gasteiger charge is -2.26. The highest BCUT2D eigenvalue weighted by Gasteiger charge is 2.22. The minimum absolute atomic E-state index is 0.229. The van der Waals surface area contributed by atoms with Gasteiger partial charge < -0.3 is 39.5 Å². The van der Waals surface area contributed by atoms with E-state index in [4.69, 9.17) is 53.8 Å². The third kappa shape index (κ3) is 15.7. The van der Waals surface area contributed by atoms with Gasteiger partial charge in [0.15, 0.2) is 0 Å². The van der Waals surface area contributed by atoms with E-state index in [0.717, 1.165) is 84.1 Å². The monoisotopic (exact) mass is 546 g/mol. The number of benzene rings is 1. The molecule has 2 aliphatic heterocycles. The molecule has 1 aromatic rings. The molecule has 2 aliphatic rings. The first-order valence-corrected chi connectivity index (χ1v) is 12.0. The van der Waals surface area contributed by atoms with Crippen LogP contribution in [-0.2, 0) is 28.7 Å². The zero-order chi connectivity index (χ0) is 28.3. The molecule has 0 aliphatic carbocycles. The molecule has 3 rings (SSSR count). The number of nitrogens with zero attached hydrogens (tertiary/aromatic N) is 2. The highest BCUT2D eigenvalue weighted by molar-refractivity contribution is 6.27. The van der Waals surface area contributed by atoms with Crippen molar-refractivity contribution in [1.82, 2.24) is 9.80 Å². The van der Waals surface area contributed by atoms with Crippen molar-refractivity contribution >= 4 is 23.9 Å². The van der Waals surface area contributed by atoms with Crippen LogP contribution in [0, 0.1) is 5.82 Å². The van der Waals surface area contributed by atoms with E-state index in [1.54, 1.807) is 12.1 Å². The molecule has 2 fully saturated rings. The van der Waals surface area contributed by atoms with Crippen molar-refractivity contribution in [3.05, 3.63) is 30.1 Å². The quantitative estimate of drug-likeness (QED) is 0.238. The Morgan fingerprint density at radius 3 is 1.95 bits per heavy atom. The maximum atomic E-state index is 12.8. The van der Waals surface area contributed by atoms with Crippen LogP contribution in [0.5, 0.6) is 5.75 Å². The Kier molecular flexibility index (Phi) is 16.2. The van der Waals surface area contributed by atoms with Crippen molar-refractivity contribution in [3.63, 3.8) is 0 Å². The highest BCUT2D eigenvalue weighted by Crippen LogP contribution is 2.15. The normalized spacial score (nSPS) is 17.3. The van der Waals surface area contributed by atoms with Gasteiger partial charge in [0, 0.05) is 32.7 Å². The second-order valence-electron chi connectivity index (χ2n) is 8.27. The SMILES string of the molecule is Fc1ccc(OCCCCN2CCC(OCCN3CCOCC3)C2)cc1.O=C(O)C(=O)O.O=C(O)C(=O)O. The molecule has 14 heteroatoms. The number of hydrogen-bond donors (Lipinski definition) is 4. The second kappa shape index (κ2) is 18.8. The third-order valence-electron chi connectivity index (χ3n) is 5.41. The van der Waals surface area contributed by atoms with Gasteiger partial charge in [-0.25, -0.2) is 23.6 Å². The number of carboxylic acids is 4. The Labute approximate surface area is 219 Å². The third-order valence-corrected chi connectivity index (χ3v) is 5.41. The number of halogens is 1. The van der Waals surface area contributed by atoms with E-state index in [-0.39, 0.29) is 5.82 Å². The van der Waals surface area contributed by atoms with Gasteiger partial charge in [-0.1, -0.05) is 0 Å². The summed E-state index contributed by atoms with van der Waals surface area (Å²) in [5.74, 6) is -6.79. The first kappa shape index (κ1) is 32.7. The molecular formula is C24H35FN2O11. The summed E-state index contributed by atoms with van der Waals surface area (Å²) in [4.78, 5) is 41.3. The largest absolute Gasteiger partial charge is 0.494 e. The lowest BCUT2D eigenvalue weighted by molar-refractivity contribution is -0.159. The number of unbranched alkanes of at least 4 members (excludes halogenated alkanes) is 1. The van der Waals surface area contributed by atoms with Crippen molar-refractivity contribution in [2.24, 2.45) is 0 Å². The number of ether oxygens (including phenoxy) is 3. The van der Waals surface area contributed by atoms with Gasteiger partial charge in [0.05, 0.1) is 32.5 Å². The number of carboxylic acid groups (broad SMARTS) is 4. The van der Waals surface area contributed by atoms with Gasteiger partial charge in [0.2, 0.25) is 0 Å². The molecule has 0 aromatic heterocycles. The molecule has 1 atom stereocenters. The predicted molar refractivity (Wildman–Crippen MR) is 130 cm³/mol. The molecule has 2 heterocycles. The molecule has 4 N–H and O–H groups in total. The second-order valence-corrected chi connectivity index (χ2v) is 8.27. The van der Waals surface area contributed by atoms with Gasteiger partial charge in [-0.05, 0) is 50.1 Å². The number of hydrogen-bond acceptors (Lipinski definition) is 9. The maximum Gasteiger partial charge on any atom is 0.414 e. The van der Waals surface area contributed by atoms with E-state index in [1.165, 1.54) is 12.1 Å². The molecule has 0 amide bonds. The number of morpholine rings is 1. The standard InChI is InChI=1S/C20H31FN2O3.2C2H2O4/c21-18-3-5-19(6-4-18)25-13-2-1-8-23-9-7-20(17-23)26-16-12-22-10-14-24-15-11-22;2*3-1(4)2(5)6/h3-6,20H,1-2,7-17H2;2*(H,3,4)(H,5,6). The smallest absolute Gasteiger partial charge is 0.414 e. The van der Waals surface area contributed by atoms with Crippen molar-refractivity contribution in [2.45, 2.75) is 25.4 Å². The van der Waals surface area contributed by atoms with Gasteiger partial charge in [0.25, 0.3) is 0 Å². The van der Waals surface area contributed by atoms with E-state index >= 15 is 0 Å². The van der Waals surface area contributed by atoms with Crippen LogP contribution in [-0.4, -0.2) is 126 Å². The van der Waals surface area contributed by atoms with Crippen molar-refractivity contribution < 1.29 is 58.2 Å². The molecule has 0 saturated carbocycles. The fourth-order valence-electron chi connectivity index (χ4n) is 3.47. The van der Waals surface area contributed by atoms with Gasteiger partial charge in [0.1, 0.15) is 11.6 Å². The van der Waals surface area contributed by atoms with E-state index in [2.05, 4.69) is 9.80 Å².